The largest absolute Gasteiger partial charge is 0.501 e. The Labute approximate surface area is 125 Å². The van der Waals surface area contributed by atoms with Crippen LogP contribution in [0.4, 0.5) is 0 Å². The third-order valence-corrected chi connectivity index (χ3v) is 6.36. The lowest BCUT2D eigenvalue weighted by molar-refractivity contribution is 0.00276. The number of epoxide rings is 1. The van der Waals surface area contributed by atoms with Crippen molar-refractivity contribution in [3.63, 3.8) is 0 Å². The van der Waals surface area contributed by atoms with Crippen molar-refractivity contribution in [1.82, 2.24) is 0 Å². The van der Waals surface area contributed by atoms with Crippen molar-refractivity contribution in [2.75, 3.05) is 6.61 Å². The van der Waals surface area contributed by atoms with Gasteiger partial charge in [0.1, 0.15) is 0 Å². The van der Waals surface area contributed by atoms with Gasteiger partial charge >= 0.3 is 8.80 Å². The molecule has 0 spiro atoms. The predicted octanol–water partition coefficient (Wildman–Crippen LogP) is 3.77. The molecule has 5 heteroatoms. The van der Waals surface area contributed by atoms with Crippen LogP contribution < -0.4 is 0 Å². The Hall–Kier alpha value is 0.0569. The minimum atomic E-state index is -2.58. The van der Waals surface area contributed by atoms with Crippen LogP contribution in [0.25, 0.3) is 0 Å². The molecule has 0 N–H and O–H groups in total. The summed E-state index contributed by atoms with van der Waals surface area (Å²) >= 11 is 0. The molecule has 20 heavy (non-hydrogen) atoms. The van der Waals surface area contributed by atoms with Gasteiger partial charge in [0, 0.05) is 24.4 Å². The summed E-state index contributed by atoms with van der Waals surface area (Å²) in [6, 6.07) is 0.897. The van der Waals surface area contributed by atoms with Crippen LogP contribution in [0.2, 0.25) is 6.04 Å². The monoisotopic (exact) mass is 304 g/mol. The van der Waals surface area contributed by atoms with E-state index in [0.29, 0.717) is 6.10 Å². The Balaban J connectivity index is 2.55. The SMILES string of the molecule is CC(C)O[Si](CCCCC1CO1)(OC(C)C)OC(C)C. The molecule has 4 nitrogen and oxygen atoms in total. The van der Waals surface area contributed by atoms with Crippen LogP contribution in [0, 0.1) is 0 Å². The molecule has 0 radical (unpaired) electrons. The van der Waals surface area contributed by atoms with E-state index in [1.165, 1.54) is 0 Å². The molecule has 0 amide bonds. The fourth-order valence-electron chi connectivity index (χ4n) is 2.29. The van der Waals surface area contributed by atoms with E-state index in [9.17, 15) is 0 Å². The summed E-state index contributed by atoms with van der Waals surface area (Å²) in [6.45, 7) is 13.2. The van der Waals surface area contributed by atoms with E-state index in [1.54, 1.807) is 0 Å². The first kappa shape index (κ1) is 18.1. The lowest BCUT2D eigenvalue weighted by Gasteiger charge is -2.34. The molecule has 1 atom stereocenters. The molecule has 0 aromatic heterocycles. The number of hydrogen-bond acceptors (Lipinski definition) is 4. The van der Waals surface area contributed by atoms with E-state index < -0.39 is 8.80 Å². The fraction of sp³-hybridized carbons (Fsp3) is 1.00. The van der Waals surface area contributed by atoms with E-state index >= 15 is 0 Å². The average molecular weight is 305 g/mol. The van der Waals surface area contributed by atoms with Crippen LogP contribution in [0.3, 0.4) is 0 Å². The van der Waals surface area contributed by atoms with Crippen LogP contribution in [0.5, 0.6) is 0 Å². The second-order valence-electron chi connectivity index (χ2n) is 6.38. The normalized spacial score (nSPS) is 19.4. The molecule has 1 rings (SSSR count). The number of unbranched alkanes of at least 4 members (excludes halogenated alkanes) is 1. The number of ether oxygens (including phenoxy) is 1. The standard InChI is InChI=1S/C15H32O4Si/c1-12(2)17-20(18-13(3)4,19-14(5)6)10-8-7-9-15-11-16-15/h12-15H,7-11H2,1-6H3. The Kier molecular flexibility index (Phi) is 7.68. The van der Waals surface area contributed by atoms with Gasteiger partial charge in [0.2, 0.25) is 0 Å². The first-order valence-corrected chi connectivity index (χ1v) is 9.91. The summed E-state index contributed by atoms with van der Waals surface area (Å²) in [5.41, 5.74) is 0. The summed E-state index contributed by atoms with van der Waals surface area (Å²) in [5, 5.41) is 0. The Morgan fingerprint density at radius 2 is 1.35 bits per heavy atom. The van der Waals surface area contributed by atoms with Gasteiger partial charge in [-0.1, -0.05) is 6.42 Å². The zero-order valence-corrected chi connectivity index (χ0v) is 15.0. The van der Waals surface area contributed by atoms with Gasteiger partial charge < -0.3 is 18.0 Å². The molecule has 0 aromatic rings. The molecule has 1 aliphatic heterocycles. The maximum Gasteiger partial charge on any atom is 0.501 e. The van der Waals surface area contributed by atoms with E-state index in [0.717, 1.165) is 31.9 Å². The molecular weight excluding hydrogens is 272 g/mol. The maximum absolute atomic E-state index is 6.15. The molecule has 1 heterocycles. The van der Waals surface area contributed by atoms with Gasteiger partial charge in [-0.05, 0) is 54.4 Å². The van der Waals surface area contributed by atoms with E-state index in [1.807, 2.05) is 41.5 Å². The lowest BCUT2D eigenvalue weighted by atomic mass is 10.2. The molecule has 120 valence electrons. The highest BCUT2D eigenvalue weighted by atomic mass is 28.4. The van der Waals surface area contributed by atoms with Crippen LogP contribution in [-0.4, -0.2) is 39.8 Å². The van der Waals surface area contributed by atoms with Crippen LogP contribution in [-0.2, 0) is 18.0 Å². The molecule has 1 fully saturated rings. The maximum atomic E-state index is 6.15. The van der Waals surface area contributed by atoms with Gasteiger partial charge in [0.25, 0.3) is 0 Å². The fourth-order valence-corrected chi connectivity index (χ4v) is 5.64. The van der Waals surface area contributed by atoms with Gasteiger partial charge in [-0.2, -0.15) is 0 Å². The Morgan fingerprint density at radius 3 is 1.70 bits per heavy atom. The topological polar surface area (TPSA) is 40.2 Å². The lowest BCUT2D eigenvalue weighted by Crippen LogP contribution is -2.50. The molecule has 0 bridgehead atoms. The molecule has 1 saturated heterocycles. The average Bonchev–Trinajstić information content (AvgIpc) is 3.04. The zero-order chi connectivity index (χ0) is 15.2. The van der Waals surface area contributed by atoms with Gasteiger partial charge in [-0.25, -0.2) is 0 Å². The third kappa shape index (κ3) is 7.74. The predicted molar refractivity (Wildman–Crippen MR) is 82.8 cm³/mol. The highest BCUT2D eigenvalue weighted by molar-refractivity contribution is 6.60. The van der Waals surface area contributed by atoms with Crippen LogP contribution in [0.1, 0.15) is 60.8 Å². The van der Waals surface area contributed by atoms with Crippen LogP contribution >= 0.6 is 0 Å². The van der Waals surface area contributed by atoms with Gasteiger partial charge in [0.05, 0.1) is 12.7 Å². The quantitative estimate of drug-likeness (QED) is 0.331. The summed E-state index contributed by atoms with van der Waals surface area (Å²) in [6.07, 6.45) is 4.29. The van der Waals surface area contributed by atoms with Crippen molar-refractivity contribution in [3.8, 4) is 0 Å². The second kappa shape index (κ2) is 8.49. The van der Waals surface area contributed by atoms with Crippen molar-refractivity contribution in [2.45, 2.75) is 91.3 Å². The van der Waals surface area contributed by atoms with E-state index in [-0.39, 0.29) is 18.3 Å². The molecule has 1 unspecified atom stereocenters. The summed E-state index contributed by atoms with van der Waals surface area (Å²) in [7, 11) is -2.58. The summed E-state index contributed by atoms with van der Waals surface area (Å²) in [4.78, 5) is 0. The number of rotatable bonds is 11. The summed E-state index contributed by atoms with van der Waals surface area (Å²) < 4.78 is 23.7. The summed E-state index contributed by atoms with van der Waals surface area (Å²) in [5.74, 6) is 0. The first-order valence-electron chi connectivity index (χ1n) is 7.98. The molecular formula is C15H32O4Si. The van der Waals surface area contributed by atoms with Crippen molar-refractivity contribution < 1.29 is 18.0 Å². The van der Waals surface area contributed by atoms with Crippen molar-refractivity contribution >= 4 is 8.80 Å². The smallest absolute Gasteiger partial charge is 0.373 e. The third-order valence-electron chi connectivity index (χ3n) is 2.91. The Morgan fingerprint density at radius 1 is 0.900 bits per heavy atom. The molecule has 0 aliphatic carbocycles. The van der Waals surface area contributed by atoms with Crippen molar-refractivity contribution in [2.24, 2.45) is 0 Å². The van der Waals surface area contributed by atoms with Crippen molar-refractivity contribution in [3.05, 3.63) is 0 Å². The Bertz CT molecular complexity index is 238. The van der Waals surface area contributed by atoms with Gasteiger partial charge in [0.15, 0.2) is 0 Å². The zero-order valence-electron chi connectivity index (χ0n) is 14.0. The molecule has 0 aromatic carbocycles. The minimum Gasteiger partial charge on any atom is -0.373 e. The molecule has 0 saturated carbocycles. The van der Waals surface area contributed by atoms with Crippen LogP contribution in [0.15, 0.2) is 0 Å². The van der Waals surface area contributed by atoms with E-state index in [2.05, 4.69) is 0 Å². The first-order chi connectivity index (χ1) is 9.33. The van der Waals surface area contributed by atoms with Gasteiger partial charge in [-0.15, -0.1) is 0 Å². The highest BCUT2D eigenvalue weighted by Gasteiger charge is 2.43. The van der Waals surface area contributed by atoms with Crippen molar-refractivity contribution in [1.29, 1.82) is 0 Å². The number of hydrogen-bond donors (Lipinski definition) is 0. The van der Waals surface area contributed by atoms with E-state index in [4.69, 9.17) is 18.0 Å². The second-order valence-corrected chi connectivity index (χ2v) is 8.96. The van der Waals surface area contributed by atoms with Gasteiger partial charge in [-0.3, -0.25) is 0 Å². The molecule has 1 aliphatic rings. The highest BCUT2D eigenvalue weighted by Crippen LogP contribution is 2.26. The minimum absolute atomic E-state index is 0.130.